The Hall–Kier alpha value is -1.83. The molecule has 1 unspecified atom stereocenters. The number of rotatable bonds is 3. The molecule has 104 valence electrons. The van der Waals surface area contributed by atoms with Crippen LogP contribution < -0.4 is 15.5 Å². The summed E-state index contributed by atoms with van der Waals surface area (Å²) < 4.78 is 25.9. The molecule has 6 nitrogen and oxygen atoms in total. The van der Waals surface area contributed by atoms with Crippen molar-refractivity contribution in [2.45, 2.75) is 18.4 Å². The van der Waals surface area contributed by atoms with Gasteiger partial charge in [0.25, 0.3) is 5.92 Å². The van der Waals surface area contributed by atoms with Gasteiger partial charge in [-0.1, -0.05) is 0 Å². The molecular formula is C11H15F2N5O. The third-order valence-electron chi connectivity index (χ3n) is 2.73. The summed E-state index contributed by atoms with van der Waals surface area (Å²) in [7, 11) is 3.58. The molecule has 0 spiro atoms. The molecule has 1 aromatic heterocycles. The third-order valence-corrected chi connectivity index (χ3v) is 2.73. The largest absolute Gasteiger partial charge is 0.347 e. The zero-order valence-corrected chi connectivity index (χ0v) is 10.7. The van der Waals surface area contributed by atoms with Crippen LogP contribution in [0.1, 0.15) is 6.42 Å². The van der Waals surface area contributed by atoms with Gasteiger partial charge in [-0.3, -0.25) is 10.1 Å². The number of nitrogens with one attached hydrogen (secondary N) is 2. The summed E-state index contributed by atoms with van der Waals surface area (Å²) in [6.45, 7) is -0.471. The minimum absolute atomic E-state index is 0.382. The number of aromatic nitrogens is 2. The number of amides is 1. The first-order chi connectivity index (χ1) is 8.87. The van der Waals surface area contributed by atoms with E-state index in [1.165, 1.54) is 12.4 Å². The van der Waals surface area contributed by atoms with Crippen LogP contribution in [0.25, 0.3) is 0 Å². The van der Waals surface area contributed by atoms with E-state index in [0.29, 0.717) is 11.6 Å². The first kappa shape index (κ1) is 13.6. The summed E-state index contributed by atoms with van der Waals surface area (Å²) in [5, 5.41) is 4.99. The molecular weight excluding hydrogens is 256 g/mol. The van der Waals surface area contributed by atoms with Gasteiger partial charge in [-0.15, -0.1) is 0 Å². The Labute approximate surface area is 109 Å². The maximum absolute atomic E-state index is 13.0. The second kappa shape index (κ2) is 5.04. The second-order valence-electron chi connectivity index (χ2n) is 4.65. The van der Waals surface area contributed by atoms with Crippen LogP contribution in [0.15, 0.2) is 12.4 Å². The summed E-state index contributed by atoms with van der Waals surface area (Å²) in [5.41, 5.74) is 0.382. The lowest BCUT2D eigenvalue weighted by Gasteiger charge is -2.12. The van der Waals surface area contributed by atoms with Gasteiger partial charge in [-0.25, -0.2) is 18.7 Å². The van der Waals surface area contributed by atoms with Crippen LogP contribution in [0.4, 0.5) is 20.4 Å². The van der Waals surface area contributed by atoms with E-state index in [1.807, 2.05) is 0 Å². The summed E-state index contributed by atoms with van der Waals surface area (Å²) in [6.07, 6.45) is 2.39. The molecule has 1 aliphatic heterocycles. The maximum atomic E-state index is 13.0. The Bertz CT molecular complexity index is 463. The summed E-state index contributed by atoms with van der Waals surface area (Å²) in [6, 6.07) is -0.886. The van der Waals surface area contributed by atoms with Gasteiger partial charge in [0.05, 0.1) is 30.7 Å². The van der Waals surface area contributed by atoms with Crippen molar-refractivity contribution >= 4 is 17.5 Å². The van der Waals surface area contributed by atoms with Gasteiger partial charge in [0.15, 0.2) is 0 Å². The molecule has 1 aromatic rings. The topological polar surface area (TPSA) is 70.2 Å². The summed E-state index contributed by atoms with van der Waals surface area (Å²) >= 11 is 0. The Kier molecular flexibility index (Phi) is 3.61. The van der Waals surface area contributed by atoms with E-state index in [1.54, 1.807) is 19.0 Å². The minimum atomic E-state index is -2.83. The normalized spacial score (nSPS) is 21.2. The van der Waals surface area contributed by atoms with Crippen LogP contribution in [0, 0.1) is 0 Å². The van der Waals surface area contributed by atoms with Crippen LogP contribution in [-0.2, 0) is 4.79 Å². The molecule has 19 heavy (non-hydrogen) atoms. The van der Waals surface area contributed by atoms with E-state index in [0.717, 1.165) is 0 Å². The highest BCUT2D eigenvalue weighted by Gasteiger charge is 2.42. The molecule has 2 N–H and O–H groups in total. The number of alkyl halides is 2. The molecule has 1 amide bonds. The predicted octanol–water partition coefficient (Wildman–Crippen LogP) is 0.478. The fourth-order valence-corrected chi connectivity index (χ4v) is 1.75. The lowest BCUT2D eigenvalue weighted by molar-refractivity contribution is -0.118. The van der Waals surface area contributed by atoms with Gasteiger partial charge < -0.3 is 10.2 Å². The molecule has 0 radical (unpaired) electrons. The average molecular weight is 271 g/mol. The maximum Gasteiger partial charge on any atom is 0.262 e. The quantitative estimate of drug-likeness (QED) is 0.836. The fourth-order valence-electron chi connectivity index (χ4n) is 1.75. The number of anilines is 2. The molecule has 2 heterocycles. The number of carbonyl (C=O) groups is 1. The van der Waals surface area contributed by atoms with E-state index in [2.05, 4.69) is 20.6 Å². The highest BCUT2D eigenvalue weighted by molar-refractivity contribution is 5.94. The molecule has 1 fully saturated rings. The molecule has 0 bridgehead atoms. The van der Waals surface area contributed by atoms with Crippen molar-refractivity contribution in [3.8, 4) is 0 Å². The van der Waals surface area contributed by atoms with Crippen molar-refractivity contribution in [3.63, 3.8) is 0 Å². The zero-order valence-electron chi connectivity index (χ0n) is 10.7. The Morgan fingerprint density at radius 2 is 2.11 bits per heavy atom. The highest BCUT2D eigenvalue weighted by atomic mass is 19.3. The molecule has 1 aliphatic rings. The van der Waals surface area contributed by atoms with E-state index in [4.69, 9.17) is 0 Å². The third kappa shape index (κ3) is 3.34. The van der Waals surface area contributed by atoms with Gasteiger partial charge in [-0.2, -0.15) is 0 Å². The number of hydrogen-bond donors (Lipinski definition) is 2. The molecule has 1 saturated heterocycles. The highest BCUT2D eigenvalue weighted by Crippen LogP contribution is 2.25. The number of hydrogen-bond acceptors (Lipinski definition) is 5. The van der Waals surface area contributed by atoms with Crippen molar-refractivity contribution in [2.24, 2.45) is 0 Å². The first-order valence-corrected chi connectivity index (χ1v) is 5.79. The van der Waals surface area contributed by atoms with Crippen LogP contribution in [0.2, 0.25) is 0 Å². The minimum Gasteiger partial charge on any atom is -0.347 e. The van der Waals surface area contributed by atoms with Gasteiger partial charge >= 0.3 is 0 Å². The average Bonchev–Trinajstić information content (AvgIpc) is 2.70. The summed E-state index contributed by atoms with van der Waals surface area (Å²) in [5.74, 6) is -2.82. The summed E-state index contributed by atoms with van der Waals surface area (Å²) in [4.78, 5) is 21.5. The molecule has 8 heteroatoms. The molecule has 1 atom stereocenters. The fraction of sp³-hybridized carbons (Fsp3) is 0.545. The number of nitrogens with zero attached hydrogens (tertiary/aromatic N) is 3. The predicted molar refractivity (Wildman–Crippen MR) is 66.3 cm³/mol. The van der Waals surface area contributed by atoms with E-state index < -0.39 is 30.8 Å². The molecule has 2 rings (SSSR count). The van der Waals surface area contributed by atoms with Crippen molar-refractivity contribution in [2.75, 3.05) is 30.9 Å². The zero-order chi connectivity index (χ0) is 14.0. The van der Waals surface area contributed by atoms with Gasteiger partial charge in [0, 0.05) is 20.5 Å². The van der Waals surface area contributed by atoms with Gasteiger partial charge in [0.1, 0.15) is 0 Å². The van der Waals surface area contributed by atoms with E-state index in [-0.39, 0.29) is 0 Å². The van der Waals surface area contributed by atoms with Crippen molar-refractivity contribution in [1.29, 1.82) is 0 Å². The monoisotopic (exact) mass is 271 g/mol. The Morgan fingerprint density at radius 1 is 1.47 bits per heavy atom. The van der Waals surface area contributed by atoms with Crippen molar-refractivity contribution in [3.05, 3.63) is 12.4 Å². The van der Waals surface area contributed by atoms with E-state index in [9.17, 15) is 13.6 Å². The SMILES string of the molecule is CN(C)c1ncc(NC(=O)C2CC(F)(F)CN2)cn1. The molecule has 0 saturated carbocycles. The number of carbonyl (C=O) groups excluding carboxylic acids is 1. The van der Waals surface area contributed by atoms with Crippen molar-refractivity contribution in [1.82, 2.24) is 15.3 Å². The van der Waals surface area contributed by atoms with Crippen molar-refractivity contribution < 1.29 is 13.6 Å². The molecule has 0 aliphatic carbocycles. The molecule has 0 aromatic carbocycles. The Balaban J connectivity index is 1.96. The van der Waals surface area contributed by atoms with Crippen LogP contribution >= 0.6 is 0 Å². The van der Waals surface area contributed by atoms with E-state index >= 15 is 0 Å². The first-order valence-electron chi connectivity index (χ1n) is 5.79. The smallest absolute Gasteiger partial charge is 0.262 e. The van der Waals surface area contributed by atoms with Crippen LogP contribution in [0.3, 0.4) is 0 Å². The second-order valence-corrected chi connectivity index (χ2v) is 4.65. The van der Waals surface area contributed by atoms with Crippen LogP contribution in [-0.4, -0.2) is 48.5 Å². The van der Waals surface area contributed by atoms with Crippen LogP contribution in [0.5, 0.6) is 0 Å². The van der Waals surface area contributed by atoms with Gasteiger partial charge in [-0.05, 0) is 0 Å². The number of halogens is 2. The standard InChI is InChI=1S/C11H15F2N5O/c1-18(2)10-14-4-7(5-15-10)17-9(19)8-3-11(12,13)6-16-8/h4-5,8,16H,3,6H2,1-2H3,(H,17,19). The lowest BCUT2D eigenvalue weighted by Crippen LogP contribution is -2.35. The Morgan fingerprint density at radius 3 is 2.58 bits per heavy atom. The lowest BCUT2D eigenvalue weighted by atomic mass is 10.2. The van der Waals surface area contributed by atoms with Gasteiger partial charge in [0.2, 0.25) is 11.9 Å².